The van der Waals surface area contributed by atoms with Crippen LogP contribution in [0.4, 0.5) is 4.79 Å². The number of carbonyl (C=O) groups excluding carboxylic acids is 1. The Kier molecular flexibility index (Phi) is 6.94. The number of nitrogens with zero attached hydrogens (tertiary/aromatic N) is 1. The molecule has 0 aromatic rings. The summed E-state index contributed by atoms with van der Waals surface area (Å²) in [6.07, 6.45) is 0.0589. The van der Waals surface area contributed by atoms with Crippen LogP contribution in [0.3, 0.4) is 0 Å². The molecule has 0 unspecified atom stereocenters. The number of primary sulfonamides is 1. The fourth-order valence-electron chi connectivity index (χ4n) is 1.51. The Morgan fingerprint density at radius 1 is 1.30 bits per heavy atom. The second kappa shape index (κ2) is 7.44. The van der Waals surface area contributed by atoms with Gasteiger partial charge >= 0.3 is 12.0 Å². The molecule has 0 heterocycles. The molecule has 118 valence electrons. The molecule has 0 spiro atoms. The topological polar surface area (TPSA) is 130 Å². The molecule has 0 radical (unpaired) electrons. The Bertz CT molecular complexity index is 441. The summed E-state index contributed by atoms with van der Waals surface area (Å²) in [7, 11) is -3.53. The van der Waals surface area contributed by atoms with Gasteiger partial charge in [-0.1, -0.05) is 0 Å². The molecule has 0 aromatic heterocycles. The van der Waals surface area contributed by atoms with Crippen molar-refractivity contribution in [1.29, 1.82) is 0 Å². The predicted octanol–water partition coefficient (Wildman–Crippen LogP) is -0.0502. The second-order valence-electron chi connectivity index (χ2n) is 5.42. The highest BCUT2D eigenvalue weighted by molar-refractivity contribution is 7.89. The number of nitrogens with one attached hydrogen (secondary N) is 1. The maximum absolute atomic E-state index is 12.0. The van der Waals surface area contributed by atoms with Gasteiger partial charge < -0.3 is 15.3 Å². The lowest BCUT2D eigenvalue weighted by molar-refractivity contribution is -0.137. The van der Waals surface area contributed by atoms with E-state index in [1.165, 1.54) is 4.90 Å². The van der Waals surface area contributed by atoms with Gasteiger partial charge in [0.25, 0.3) is 0 Å². The van der Waals surface area contributed by atoms with Gasteiger partial charge in [-0.3, -0.25) is 4.79 Å². The van der Waals surface area contributed by atoms with Crippen molar-refractivity contribution in [2.75, 3.05) is 18.8 Å². The van der Waals surface area contributed by atoms with E-state index < -0.39 is 27.6 Å². The van der Waals surface area contributed by atoms with Crippen LogP contribution in [-0.4, -0.2) is 54.8 Å². The van der Waals surface area contributed by atoms with Crippen LogP contribution in [-0.2, 0) is 14.8 Å². The zero-order valence-electron chi connectivity index (χ0n) is 12.0. The number of hydrogen-bond acceptors (Lipinski definition) is 4. The first-order valence-corrected chi connectivity index (χ1v) is 7.93. The summed E-state index contributed by atoms with van der Waals surface area (Å²) in [5.74, 6) is -1.20. The minimum atomic E-state index is -3.53. The molecule has 4 N–H and O–H groups in total. The lowest BCUT2D eigenvalue weighted by Gasteiger charge is -2.35. The molecule has 0 rings (SSSR count). The van der Waals surface area contributed by atoms with Gasteiger partial charge in [0.15, 0.2) is 0 Å². The molecule has 0 aliphatic rings. The minimum absolute atomic E-state index is 0.0832. The molecule has 0 fully saturated rings. The van der Waals surface area contributed by atoms with Crippen LogP contribution in [0, 0.1) is 0 Å². The fourth-order valence-corrected chi connectivity index (χ4v) is 2.06. The van der Waals surface area contributed by atoms with Gasteiger partial charge in [0.05, 0.1) is 12.2 Å². The van der Waals surface area contributed by atoms with E-state index in [-0.39, 0.29) is 31.7 Å². The zero-order valence-corrected chi connectivity index (χ0v) is 12.9. The summed E-state index contributed by atoms with van der Waals surface area (Å²) in [5, 5.41) is 16.1. The average Bonchev–Trinajstić information content (AvgIpc) is 2.20. The molecule has 0 aromatic carbocycles. The first kappa shape index (κ1) is 18.7. The molecule has 2 amide bonds. The number of aliphatic carboxylic acids is 1. The molecule has 9 heteroatoms. The highest BCUT2D eigenvalue weighted by atomic mass is 32.2. The Balaban J connectivity index is 4.38. The highest BCUT2D eigenvalue weighted by Gasteiger charge is 2.26. The van der Waals surface area contributed by atoms with Crippen LogP contribution in [0.1, 0.15) is 33.6 Å². The van der Waals surface area contributed by atoms with Gasteiger partial charge in [0, 0.05) is 18.6 Å². The number of amides is 2. The van der Waals surface area contributed by atoms with Gasteiger partial charge in [-0.15, -0.1) is 0 Å². The Morgan fingerprint density at radius 3 is 2.25 bits per heavy atom. The summed E-state index contributed by atoms with van der Waals surface area (Å²) in [5.41, 5.74) is -0.528. The quantitative estimate of drug-likeness (QED) is 0.568. The van der Waals surface area contributed by atoms with E-state index in [9.17, 15) is 18.0 Å². The van der Waals surface area contributed by atoms with Crippen molar-refractivity contribution in [3.63, 3.8) is 0 Å². The molecule has 0 aliphatic carbocycles. The molecule has 0 saturated carbocycles. The van der Waals surface area contributed by atoms with E-state index in [0.717, 1.165) is 0 Å². The molecule has 0 saturated heterocycles. The van der Waals surface area contributed by atoms with Crippen molar-refractivity contribution in [3.8, 4) is 0 Å². The molecule has 0 aliphatic heterocycles. The second-order valence-corrected chi connectivity index (χ2v) is 7.15. The number of hydrogen-bond donors (Lipinski definition) is 3. The van der Waals surface area contributed by atoms with E-state index in [2.05, 4.69) is 5.32 Å². The van der Waals surface area contributed by atoms with Crippen LogP contribution in [0.25, 0.3) is 0 Å². The van der Waals surface area contributed by atoms with E-state index >= 15 is 0 Å². The highest BCUT2D eigenvalue weighted by Crippen LogP contribution is 2.13. The summed E-state index contributed by atoms with van der Waals surface area (Å²) in [6.45, 7) is 5.62. The summed E-state index contributed by atoms with van der Waals surface area (Å²) >= 11 is 0. The molecule has 20 heavy (non-hydrogen) atoms. The van der Waals surface area contributed by atoms with Crippen LogP contribution >= 0.6 is 0 Å². The smallest absolute Gasteiger partial charge is 0.317 e. The molecule has 8 nitrogen and oxygen atoms in total. The predicted molar refractivity (Wildman–Crippen MR) is 74.7 cm³/mol. The van der Waals surface area contributed by atoms with Crippen LogP contribution in [0.15, 0.2) is 0 Å². The Hall–Kier alpha value is -1.35. The summed E-state index contributed by atoms with van der Waals surface area (Å²) in [6, 6.07) is -0.423. The third kappa shape index (κ3) is 8.70. The van der Waals surface area contributed by atoms with Gasteiger partial charge in [-0.25, -0.2) is 18.4 Å². The largest absolute Gasteiger partial charge is 0.481 e. The SMILES string of the molecule is CC(C)(C)N(CCC(=O)O)C(=O)NCCCS(N)(=O)=O. The third-order valence-corrected chi connectivity index (χ3v) is 3.34. The number of carbonyl (C=O) groups is 2. The lowest BCUT2D eigenvalue weighted by atomic mass is 10.1. The first-order chi connectivity index (χ1) is 8.93. The Labute approximate surface area is 119 Å². The average molecular weight is 309 g/mol. The van der Waals surface area contributed by atoms with E-state index in [1.54, 1.807) is 20.8 Å². The molecular weight excluding hydrogens is 286 g/mol. The van der Waals surface area contributed by atoms with E-state index in [1.807, 2.05) is 0 Å². The minimum Gasteiger partial charge on any atom is -0.481 e. The third-order valence-electron chi connectivity index (χ3n) is 2.49. The first-order valence-electron chi connectivity index (χ1n) is 6.21. The number of carboxylic acid groups (broad SMARTS) is 1. The van der Waals surface area contributed by atoms with Crippen molar-refractivity contribution in [1.82, 2.24) is 10.2 Å². The van der Waals surface area contributed by atoms with Crippen molar-refractivity contribution < 1.29 is 23.1 Å². The monoisotopic (exact) mass is 309 g/mol. The van der Waals surface area contributed by atoms with E-state index in [0.29, 0.717) is 0 Å². The van der Waals surface area contributed by atoms with Crippen molar-refractivity contribution in [3.05, 3.63) is 0 Å². The molecular formula is C11H23N3O5S. The maximum Gasteiger partial charge on any atom is 0.317 e. The number of nitrogens with two attached hydrogens (primary N) is 1. The summed E-state index contributed by atoms with van der Waals surface area (Å²) in [4.78, 5) is 24.0. The number of carboxylic acids is 1. The van der Waals surface area contributed by atoms with Gasteiger partial charge in [-0.2, -0.15) is 0 Å². The standard InChI is InChI=1S/C11H23N3O5S/c1-11(2,3)14(7-5-9(15)16)10(17)13-6-4-8-20(12,18)19/h4-8H2,1-3H3,(H,13,17)(H,15,16)(H2,12,18,19). The van der Waals surface area contributed by atoms with E-state index in [4.69, 9.17) is 10.2 Å². The number of rotatable bonds is 7. The van der Waals surface area contributed by atoms with Gasteiger partial charge in [-0.05, 0) is 27.2 Å². The van der Waals surface area contributed by atoms with Gasteiger partial charge in [0.1, 0.15) is 0 Å². The van der Waals surface area contributed by atoms with Crippen LogP contribution in [0.2, 0.25) is 0 Å². The van der Waals surface area contributed by atoms with Crippen molar-refractivity contribution in [2.45, 2.75) is 39.2 Å². The van der Waals surface area contributed by atoms with Crippen molar-refractivity contribution >= 4 is 22.0 Å². The Morgan fingerprint density at radius 2 is 1.85 bits per heavy atom. The molecule has 0 bridgehead atoms. The zero-order chi connectivity index (χ0) is 16.0. The maximum atomic E-state index is 12.0. The van der Waals surface area contributed by atoms with Crippen LogP contribution < -0.4 is 10.5 Å². The fraction of sp³-hybridized carbons (Fsp3) is 0.818. The summed E-state index contributed by atoms with van der Waals surface area (Å²) < 4.78 is 21.5. The number of sulfonamides is 1. The van der Waals surface area contributed by atoms with Crippen LogP contribution in [0.5, 0.6) is 0 Å². The normalized spacial score (nSPS) is 12.0. The van der Waals surface area contributed by atoms with Gasteiger partial charge in [0.2, 0.25) is 10.0 Å². The van der Waals surface area contributed by atoms with Crippen molar-refractivity contribution in [2.24, 2.45) is 5.14 Å². The lowest BCUT2D eigenvalue weighted by Crippen LogP contribution is -2.51. The number of urea groups is 1. The molecule has 0 atom stereocenters.